The number of hydrogen-bond donors (Lipinski definition) is 2. The lowest BCUT2D eigenvalue weighted by Gasteiger charge is -2.21. The molecular formula is C15H23BrNO2+. The zero-order valence-corrected chi connectivity index (χ0v) is 12.8. The van der Waals surface area contributed by atoms with Crippen LogP contribution in [0.3, 0.4) is 0 Å². The van der Waals surface area contributed by atoms with E-state index in [9.17, 15) is 5.11 Å². The Morgan fingerprint density at radius 3 is 2.74 bits per heavy atom. The molecule has 0 spiro atoms. The lowest BCUT2D eigenvalue weighted by molar-refractivity contribution is -0.697. The van der Waals surface area contributed by atoms with Crippen molar-refractivity contribution in [1.29, 1.82) is 0 Å². The van der Waals surface area contributed by atoms with Crippen LogP contribution >= 0.6 is 15.9 Å². The van der Waals surface area contributed by atoms with Crippen molar-refractivity contribution >= 4 is 15.9 Å². The molecule has 3 nitrogen and oxygen atoms in total. The molecule has 1 saturated carbocycles. The van der Waals surface area contributed by atoms with Crippen LogP contribution < -0.4 is 10.1 Å². The van der Waals surface area contributed by atoms with Crippen LogP contribution in [0.5, 0.6) is 5.75 Å². The molecule has 0 heterocycles. The van der Waals surface area contributed by atoms with E-state index in [1.54, 1.807) is 0 Å². The second-order valence-electron chi connectivity index (χ2n) is 5.26. The Hall–Kier alpha value is -0.580. The summed E-state index contributed by atoms with van der Waals surface area (Å²) < 4.78 is 6.55. The Labute approximate surface area is 123 Å². The first-order valence-corrected chi connectivity index (χ1v) is 7.93. The Morgan fingerprint density at radius 1 is 1.26 bits per heavy atom. The van der Waals surface area contributed by atoms with Gasteiger partial charge in [-0.15, -0.1) is 0 Å². The summed E-state index contributed by atoms with van der Waals surface area (Å²) in [5, 5.41) is 12.2. The molecule has 1 aliphatic rings. The fraction of sp³-hybridized carbons (Fsp3) is 0.600. The maximum absolute atomic E-state index is 9.96. The van der Waals surface area contributed by atoms with Crippen LogP contribution in [0, 0.1) is 0 Å². The van der Waals surface area contributed by atoms with Crippen LogP contribution in [0.25, 0.3) is 0 Å². The number of aliphatic hydroxyl groups is 1. The molecule has 1 aromatic rings. The summed E-state index contributed by atoms with van der Waals surface area (Å²) in [4.78, 5) is 0. The molecule has 1 atom stereocenters. The number of rotatable bonds is 6. The maximum atomic E-state index is 9.96. The molecule has 1 aromatic carbocycles. The van der Waals surface area contributed by atoms with E-state index in [-0.39, 0.29) is 0 Å². The summed E-state index contributed by atoms with van der Waals surface area (Å²) in [5.41, 5.74) is 0. The lowest BCUT2D eigenvalue weighted by atomic mass is 9.95. The molecule has 2 rings (SSSR count). The number of aliphatic hydroxyl groups excluding tert-OH is 1. The van der Waals surface area contributed by atoms with Gasteiger partial charge in [0, 0.05) is 0 Å². The molecule has 1 fully saturated rings. The quantitative estimate of drug-likeness (QED) is 0.839. The van der Waals surface area contributed by atoms with E-state index in [1.165, 1.54) is 32.1 Å². The molecule has 0 amide bonds. The number of para-hydroxylation sites is 1. The molecule has 0 aromatic heterocycles. The van der Waals surface area contributed by atoms with Crippen molar-refractivity contribution in [3.63, 3.8) is 0 Å². The average Bonchev–Trinajstić information content (AvgIpc) is 2.45. The van der Waals surface area contributed by atoms with E-state index >= 15 is 0 Å². The Balaban J connectivity index is 1.66. The number of quaternary nitrogens is 1. The molecule has 0 radical (unpaired) electrons. The molecule has 0 bridgehead atoms. The highest BCUT2D eigenvalue weighted by molar-refractivity contribution is 9.10. The van der Waals surface area contributed by atoms with E-state index in [2.05, 4.69) is 21.2 Å². The third-order valence-electron chi connectivity index (χ3n) is 3.66. The first-order valence-electron chi connectivity index (χ1n) is 7.14. The summed E-state index contributed by atoms with van der Waals surface area (Å²) >= 11 is 3.43. The third kappa shape index (κ3) is 5.13. The van der Waals surface area contributed by atoms with Crippen molar-refractivity contribution in [3.05, 3.63) is 28.7 Å². The number of benzene rings is 1. The largest absolute Gasteiger partial charge is 0.489 e. The average molecular weight is 329 g/mol. The standard InChI is InChI=1S/C15H22BrNO2/c16-14-8-4-5-9-15(14)19-11-13(18)10-17-12-6-2-1-3-7-12/h4-5,8-9,12-13,17-18H,1-3,6-7,10-11H2/p+1/t13-/m0/s1. The fourth-order valence-electron chi connectivity index (χ4n) is 2.54. The number of hydrogen-bond acceptors (Lipinski definition) is 2. The first kappa shape index (κ1) is 14.8. The second kappa shape index (κ2) is 7.88. The van der Waals surface area contributed by atoms with Crippen LogP contribution in [0.2, 0.25) is 0 Å². The minimum Gasteiger partial charge on any atom is -0.489 e. The van der Waals surface area contributed by atoms with Gasteiger partial charge in [-0.1, -0.05) is 18.6 Å². The number of nitrogens with two attached hydrogens (primary N) is 1. The Morgan fingerprint density at radius 2 is 2.00 bits per heavy atom. The topological polar surface area (TPSA) is 46.1 Å². The van der Waals surface area contributed by atoms with Crippen molar-refractivity contribution in [2.75, 3.05) is 13.2 Å². The van der Waals surface area contributed by atoms with Crippen molar-refractivity contribution in [1.82, 2.24) is 0 Å². The molecule has 4 heteroatoms. The van der Waals surface area contributed by atoms with E-state index in [0.717, 1.165) is 16.8 Å². The maximum Gasteiger partial charge on any atom is 0.137 e. The minimum atomic E-state index is -0.408. The summed E-state index contributed by atoms with van der Waals surface area (Å²) in [6, 6.07) is 8.43. The predicted molar refractivity (Wildman–Crippen MR) is 79.3 cm³/mol. The Bertz CT molecular complexity index is 380. The predicted octanol–water partition coefficient (Wildman–Crippen LogP) is 2.08. The number of halogens is 1. The number of ether oxygens (including phenoxy) is 1. The molecule has 19 heavy (non-hydrogen) atoms. The van der Waals surface area contributed by atoms with Crippen molar-refractivity contribution in [2.45, 2.75) is 44.2 Å². The van der Waals surface area contributed by atoms with E-state index in [1.807, 2.05) is 24.3 Å². The van der Waals surface area contributed by atoms with Gasteiger partial charge >= 0.3 is 0 Å². The van der Waals surface area contributed by atoms with Gasteiger partial charge in [0.15, 0.2) is 0 Å². The van der Waals surface area contributed by atoms with Gasteiger partial charge < -0.3 is 15.2 Å². The van der Waals surface area contributed by atoms with Gasteiger partial charge in [0.2, 0.25) is 0 Å². The highest BCUT2D eigenvalue weighted by Gasteiger charge is 2.18. The van der Waals surface area contributed by atoms with E-state index in [4.69, 9.17) is 4.74 Å². The Kier molecular flexibility index (Phi) is 6.14. The highest BCUT2D eigenvalue weighted by Crippen LogP contribution is 2.23. The van der Waals surface area contributed by atoms with E-state index < -0.39 is 6.10 Å². The third-order valence-corrected chi connectivity index (χ3v) is 4.31. The summed E-state index contributed by atoms with van der Waals surface area (Å²) in [6.07, 6.45) is 6.22. The fourth-order valence-corrected chi connectivity index (χ4v) is 2.93. The second-order valence-corrected chi connectivity index (χ2v) is 6.12. The monoisotopic (exact) mass is 328 g/mol. The summed E-state index contributed by atoms with van der Waals surface area (Å²) in [6.45, 7) is 1.08. The minimum absolute atomic E-state index is 0.353. The van der Waals surface area contributed by atoms with Crippen LogP contribution in [-0.2, 0) is 0 Å². The van der Waals surface area contributed by atoms with Crippen LogP contribution in [0.15, 0.2) is 28.7 Å². The smallest absolute Gasteiger partial charge is 0.137 e. The zero-order valence-electron chi connectivity index (χ0n) is 11.2. The SMILES string of the molecule is O[C@@H](C[NH2+]C1CCCCC1)COc1ccccc1Br. The van der Waals surface area contributed by atoms with Gasteiger partial charge in [0.1, 0.15) is 25.0 Å². The highest BCUT2D eigenvalue weighted by atomic mass is 79.9. The summed E-state index contributed by atoms with van der Waals surface area (Å²) in [7, 11) is 0. The van der Waals surface area contributed by atoms with Gasteiger partial charge in [-0.05, 0) is 53.7 Å². The zero-order chi connectivity index (χ0) is 13.5. The molecule has 0 unspecified atom stereocenters. The summed E-state index contributed by atoms with van der Waals surface area (Å²) in [5.74, 6) is 0.791. The molecule has 1 aliphatic carbocycles. The molecule has 0 aliphatic heterocycles. The van der Waals surface area contributed by atoms with Crippen molar-refractivity contribution in [2.24, 2.45) is 0 Å². The molecule has 0 saturated heterocycles. The van der Waals surface area contributed by atoms with Gasteiger partial charge in [0.25, 0.3) is 0 Å². The normalized spacial score (nSPS) is 18.2. The van der Waals surface area contributed by atoms with Gasteiger partial charge in [-0.3, -0.25) is 0 Å². The van der Waals surface area contributed by atoms with Gasteiger partial charge in [0.05, 0.1) is 10.5 Å². The van der Waals surface area contributed by atoms with Crippen LogP contribution in [0.1, 0.15) is 32.1 Å². The molecular weight excluding hydrogens is 306 g/mol. The van der Waals surface area contributed by atoms with Crippen LogP contribution in [-0.4, -0.2) is 30.4 Å². The van der Waals surface area contributed by atoms with Crippen molar-refractivity contribution in [3.8, 4) is 5.75 Å². The first-order chi connectivity index (χ1) is 9.25. The lowest BCUT2D eigenvalue weighted by Crippen LogP contribution is -2.92. The molecule has 106 valence electrons. The van der Waals surface area contributed by atoms with Gasteiger partial charge in [-0.2, -0.15) is 0 Å². The van der Waals surface area contributed by atoms with E-state index in [0.29, 0.717) is 12.6 Å². The van der Waals surface area contributed by atoms with Crippen molar-refractivity contribution < 1.29 is 15.2 Å². The van der Waals surface area contributed by atoms with Crippen LogP contribution in [0.4, 0.5) is 0 Å². The molecule has 3 N–H and O–H groups in total. The van der Waals surface area contributed by atoms with Gasteiger partial charge in [-0.25, -0.2) is 0 Å².